The smallest absolute Gasteiger partial charge is 0.294 e. The normalized spacial score (nSPS) is 19.1. The Labute approximate surface area is 198 Å². The summed E-state index contributed by atoms with van der Waals surface area (Å²) in [5.74, 6) is 2.79. The van der Waals surface area contributed by atoms with Crippen LogP contribution in [0.1, 0.15) is 17.9 Å². The van der Waals surface area contributed by atoms with Crippen LogP contribution in [0.3, 0.4) is 0 Å². The number of benzene rings is 3. The zero-order valence-electron chi connectivity index (χ0n) is 18.4. The summed E-state index contributed by atoms with van der Waals surface area (Å²) >= 11 is 0. The van der Waals surface area contributed by atoms with E-state index in [0.717, 1.165) is 36.8 Å². The third-order valence-corrected chi connectivity index (χ3v) is 6.62. The Morgan fingerprint density at radius 1 is 1.00 bits per heavy atom. The highest BCUT2D eigenvalue weighted by Crippen LogP contribution is 2.36. The molecule has 2 heterocycles. The van der Waals surface area contributed by atoms with Gasteiger partial charge in [0, 0.05) is 18.5 Å². The van der Waals surface area contributed by atoms with Crippen LogP contribution < -0.4 is 19.5 Å². The Bertz CT molecular complexity index is 1190. The van der Waals surface area contributed by atoms with Crippen LogP contribution >= 0.6 is 0 Å². The monoisotopic (exact) mass is 487 g/mol. The number of fused-ring (bicyclic) bond motifs is 1. The molecule has 0 saturated carbocycles. The van der Waals surface area contributed by atoms with E-state index in [1.54, 1.807) is 18.2 Å². The minimum absolute atomic E-state index is 0.0741. The minimum Gasteiger partial charge on any atom is -0.493 e. The van der Waals surface area contributed by atoms with Crippen molar-refractivity contribution in [1.29, 1.82) is 0 Å². The van der Waals surface area contributed by atoms with Crippen molar-refractivity contribution in [3.63, 3.8) is 0 Å². The second kappa shape index (κ2) is 10.9. The van der Waals surface area contributed by atoms with Gasteiger partial charge in [0.15, 0.2) is 11.5 Å². The van der Waals surface area contributed by atoms with Gasteiger partial charge in [-0.15, -0.1) is 0 Å². The average molecular weight is 488 g/mol. The Hall–Kier alpha value is -3.14. The predicted octanol–water partition coefficient (Wildman–Crippen LogP) is 4.26. The fourth-order valence-electron chi connectivity index (χ4n) is 4.01. The van der Waals surface area contributed by atoms with Gasteiger partial charge in [0.05, 0.1) is 11.5 Å². The van der Waals surface area contributed by atoms with E-state index >= 15 is 0 Å². The molecule has 0 radical (unpaired) electrons. The summed E-state index contributed by atoms with van der Waals surface area (Å²) in [6.45, 7) is 2.74. The van der Waals surface area contributed by atoms with E-state index in [9.17, 15) is 12.8 Å². The Kier molecular flexibility index (Phi) is 7.66. The van der Waals surface area contributed by atoms with E-state index in [4.69, 9.17) is 18.8 Å². The van der Waals surface area contributed by atoms with Crippen LogP contribution in [-0.4, -0.2) is 39.5 Å². The van der Waals surface area contributed by atoms with Gasteiger partial charge < -0.3 is 19.5 Å². The van der Waals surface area contributed by atoms with Crippen LogP contribution in [0, 0.1) is 11.7 Å². The van der Waals surface area contributed by atoms with Gasteiger partial charge in [0.25, 0.3) is 10.1 Å². The molecule has 5 rings (SSSR count). The third kappa shape index (κ3) is 6.25. The van der Waals surface area contributed by atoms with Gasteiger partial charge in [-0.3, -0.25) is 4.55 Å². The Balaban J connectivity index is 0.000000231. The Morgan fingerprint density at radius 2 is 1.74 bits per heavy atom. The molecular formula is C25H26FNO6S. The molecule has 2 N–H and O–H groups in total. The molecular weight excluding hydrogens is 461 g/mol. The van der Waals surface area contributed by atoms with Crippen molar-refractivity contribution in [2.24, 2.45) is 5.92 Å². The Morgan fingerprint density at radius 3 is 2.44 bits per heavy atom. The minimum atomic E-state index is -4.00. The molecule has 0 aliphatic carbocycles. The maximum Gasteiger partial charge on any atom is 0.294 e. The summed E-state index contributed by atoms with van der Waals surface area (Å²) in [5.41, 5.74) is 1.18. The molecule has 9 heteroatoms. The maximum atomic E-state index is 13.2. The van der Waals surface area contributed by atoms with Gasteiger partial charge in [-0.25, -0.2) is 4.39 Å². The molecule has 0 aromatic heterocycles. The van der Waals surface area contributed by atoms with Crippen molar-refractivity contribution in [2.75, 3.05) is 26.5 Å². The number of nitrogens with one attached hydrogen (secondary N) is 1. The zero-order chi connectivity index (χ0) is 24.0. The molecule has 1 fully saturated rings. The lowest BCUT2D eigenvalue weighted by atomic mass is 9.81. The molecule has 1 saturated heterocycles. The summed E-state index contributed by atoms with van der Waals surface area (Å²) in [6.07, 6.45) is 1.03. The molecule has 0 unspecified atom stereocenters. The second-order valence-electron chi connectivity index (χ2n) is 8.03. The molecule has 7 nitrogen and oxygen atoms in total. The van der Waals surface area contributed by atoms with E-state index in [2.05, 4.69) is 5.32 Å². The van der Waals surface area contributed by atoms with Crippen molar-refractivity contribution < 1.29 is 31.6 Å². The number of halogens is 1. The standard InChI is InChI=1S/C19H20FNO3.C6H6O3S/c20-15-3-1-13(2-4-15)17-7-8-21-10-14(17)11-22-16-5-6-18-19(9-16)24-12-23-18;7-10(8,9)6-4-2-1-3-5-6/h1-6,9,14,17,21H,7-8,10-12H2;1-5H,(H,7,8,9)/t14-,17-;/m0./s1. The highest BCUT2D eigenvalue weighted by atomic mass is 32.2. The van der Waals surface area contributed by atoms with Crippen LogP contribution in [0.2, 0.25) is 0 Å². The highest BCUT2D eigenvalue weighted by Gasteiger charge is 2.27. The average Bonchev–Trinajstić information content (AvgIpc) is 3.32. The summed E-state index contributed by atoms with van der Waals surface area (Å²) in [6, 6.07) is 19.9. The van der Waals surface area contributed by atoms with Crippen LogP contribution in [0.5, 0.6) is 17.2 Å². The summed E-state index contributed by atoms with van der Waals surface area (Å²) in [7, 11) is -4.00. The van der Waals surface area contributed by atoms with E-state index < -0.39 is 10.1 Å². The molecule has 0 amide bonds. The van der Waals surface area contributed by atoms with Gasteiger partial charge in [-0.2, -0.15) is 8.42 Å². The second-order valence-corrected chi connectivity index (χ2v) is 9.45. The molecule has 2 aliphatic rings. The quantitative estimate of drug-likeness (QED) is 0.520. The van der Waals surface area contributed by atoms with E-state index in [1.165, 1.54) is 29.8 Å². The maximum absolute atomic E-state index is 13.2. The van der Waals surface area contributed by atoms with Gasteiger partial charge in [-0.1, -0.05) is 30.3 Å². The van der Waals surface area contributed by atoms with Gasteiger partial charge in [0.1, 0.15) is 11.6 Å². The highest BCUT2D eigenvalue weighted by molar-refractivity contribution is 7.85. The molecule has 3 aromatic rings. The summed E-state index contributed by atoms with van der Waals surface area (Å²) < 4.78 is 59.1. The lowest BCUT2D eigenvalue weighted by Gasteiger charge is -2.32. The number of hydrogen-bond acceptors (Lipinski definition) is 6. The molecule has 2 aliphatic heterocycles. The van der Waals surface area contributed by atoms with Crippen LogP contribution in [0.15, 0.2) is 77.7 Å². The van der Waals surface area contributed by atoms with Gasteiger partial charge >= 0.3 is 0 Å². The number of hydrogen-bond donors (Lipinski definition) is 2. The lowest BCUT2D eigenvalue weighted by molar-refractivity contribution is 0.173. The molecule has 0 spiro atoms. The predicted molar refractivity (Wildman–Crippen MR) is 124 cm³/mol. The van der Waals surface area contributed by atoms with Crippen LogP contribution in [0.25, 0.3) is 0 Å². The molecule has 34 heavy (non-hydrogen) atoms. The van der Waals surface area contributed by atoms with Crippen LogP contribution in [0.4, 0.5) is 4.39 Å². The van der Waals surface area contributed by atoms with Crippen molar-refractivity contribution in [2.45, 2.75) is 17.2 Å². The first kappa shape index (κ1) is 24.0. The topological polar surface area (TPSA) is 94.1 Å². The van der Waals surface area contributed by atoms with Crippen molar-refractivity contribution in [1.82, 2.24) is 5.32 Å². The molecule has 180 valence electrons. The SMILES string of the molecule is Fc1ccc([C@@H]2CCNC[C@H]2COc2ccc3c(c2)OCO3)cc1.O=S(=O)(O)c1ccccc1. The van der Waals surface area contributed by atoms with Crippen LogP contribution in [-0.2, 0) is 10.1 Å². The van der Waals surface area contributed by atoms with Crippen molar-refractivity contribution >= 4 is 10.1 Å². The first-order chi connectivity index (χ1) is 16.4. The zero-order valence-corrected chi connectivity index (χ0v) is 19.2. The fourth-order valence-corrected chi connectivity index (χ4v) is 4.51. The van der Waals surface area contributed by atoms with E-state index in [1.807, 2.05) is 30.3 Å². The van der Waals surface area contributed by atoms with Gasteiger partial charge in [-0.05, 0) is 60.8 Å². The van der Waals surface area contributed by atoms with E-state index in [0.29, 0.717) is 18.4 Å². The molecule has 2 atom stereocenters. The lowest BCUT2D eigenvalue weighted by Crippen LogP contribution is -2.38. The van der Waals surface area contributed by atoms with Crippen molar-refractivity contribution in [3.8, 4) is 17.2 Å². The van der Waals surface area contributed by atoms with E-state index in [-0.39, 0.29) is 17.5 Å². The first-order valence-electron chi connectivity index (χ1n) is 10.9. The number of piperidine rings is 1. The molecule has 3 aromatic carbocycles. The van der Waals surface area contributed by atoms with Crippen molar-refractivity contribution in [3.05, 3.63) is 84.2 Å². The number of ether oxygens (including phenoxy) is 3. The summed E-state index contributed by atoms with van der Waals surface area (Å²) in [4.78, 5) is -0.0741. The molecule has 0 bridgehead atoms. The fraction of sp³-hybridized carbons (Fsp3) is 0.280. The largest absolute Gasteiger partial charge is 0.493 e. The van der Waals surface area contributed by atoms with Gasteiger partial charge in [0.2, 0.25) is 6.79 Å². The first-order valence-corrected chi connectivity index (χ1v) is 12.4. The summed E-state index contributed by atoms with van der Waals surface area (Å²) in [5, 5.41) is 3.43. The number of rotatable bonds is 5. The third-order valence-electron chi connectivity index (χ3n) is 5.76.